The molecule has 270 valence electrons. The van der Waals surface area contributed by atoms with E-state index in [-0.39, 0.29) is 5.41 Å². The zero-order chi connectivity index (χ0) is 38.1. The lowest BCUT2D eigenvalue weighted by Crippen LogP contribution is -2.16. The van der Waals surface area contributed by atoms with Gasteiger partial charge in [-0.1, -0.05) is 166 Å². The molecule has 0 amide bonds. The zero-order valence-electron chi connectivity index (χ0n) is 32.0. The van der Waals surface area contributed by atoms with E-state index in [9.17, 15) is 0 Å². The Morgan fingerprint density at radius 1 is 0.404 bits per heavy atom. The van der Waals surface area contributed by atoms with E-state index in [4.69, 9.17) is 0 Å². The molecular weight excluding hydrogens is 689 g/mol. The van der Waals surface area contributed by atoms with Gasteiger partial charge in [-0.25, -0.2) is 0 Å². The summed E-state index contributed by atoms with van der Waals surface area (Å²) in [6.45, 7) is 4.71. The molecule has 1 aliphatic carbocycles. The molecule has 0 saturated heterocycles. The summed E-state index contributed by atoms with van der Waals surface area (Å²) < 4.78 is 2.42. The molecule has 0 radical (unpaired) electrons. The number of aromatic nitrogens is 1. The van der Waals surface area contributed by atoms with Crippen LogP contribution in [0.3, 0.4) is 0 Å². The van der Waals surface area contributed by atoms with Crippen molar-refractivity contribution in [2.24, 2.45) is 0 Å². The van der Waals surface area contributed by atoms with Crippen LogP contribution < -0.4 is 4.90 Å². The minimum Gasteiger partial charge on any atom is -0.310 e. The Balaban J connectivity index is 1.10. The largest absolute Gasteiger partial charge is 0.310 e. The van der Waals surface area contributed by atoms with E-state index in [0.717, 1.165) is 17.1 Å². The molecule has 57 heavy (non-hydrogen) atoms. The van der Waals surface area contributed by atoms with E-state index in [2.05, 4.69) is 230 Å². The molecule has 0 spiro atoms. The first kappa shape index (κ1) is 33.2. The molecule has 0 bridgehead atoms. The van der Waals surface area contributed by atoms with Crippen LogP contribution in [0.1, 0.15) is 25.0 Å². The monoisotopic (exact) mass is 728 g/mol. The quantitative estimate of drug-likeness (QED) is 0.165. The highest BCUT2D eigenvalue weighted by Gasteiger charge is 2.37. The van der Waals surface area contributed by atoms with Crippen LogP contribution in [-0.4, -0.2) is 4.57 Å². The van der Waals surface area contributed by atoms with Gasteiger partial charge < -0.3 is 9.47 Å². The molecule has 1 aromatic heterocycles. The lowest BCUT2D eigenvalue weighted by Gasteiger charge is -2.29. The molecule has 0 saturated carbocycles. The lowest BCUT2D eigenvalue weighted by atomic mass is 9.82. The van der Waals surface area contributed by atoms with Crippen molar-refractivity contribution in [3.63, 3.8) is 0 Å². The predicted octanol–water partition coefficient (Wildman–Crippen LogP) is 15.0. The van der Waals surface area contributed by atoms with Crippen LogP contribution in [0.15, 0.2) is 206 Å². The summed E-state index contributed by atoms with van der Waals surface area (Å²) in [6, 6.07) is 75.6. The summed E-state index contributed by atoms with van der Waals surface area (Å²) in [4.78, 5) is 2.46. The zero-order valence-corrected chi connectivity index (χ0v) is 32.0. The van der Waals surface area contributed by atoms with Gasteiger partial charge in [-0.3, -0.25) is 0 Å². The fourth-order valence-electron chi connectivity index (χ4n) is 9.46. The fraction of sp³-hybridized carbons (Fsp3) is 0.0545. The fourth-order valence-corrected chi connectivity index (χ4v) is 9.46. The number of benzene rings is 9. The summed E-state index contributed by atoms with van der Waals surface area (Å²) in [5.74, 6) is 0. The predicted molar refractivity (Wildman–Crippen MR) is 241 cm³/mol. The van der Waals surface area contributed by atoms with E-state index in [1.54, 1.807) is 0 Å². The third-order valence-corrected chi connectivity index (χ3v) is 12.2. The van der Waals surface area contributed by atoms with Crippen molar-refractivity contribution in [1.82, 2.24) is 4.57 Å². The van der Waals surface area contributed by atoms with Crippen molar-refractivity contribution in [3.05, 3.63) is 217 Å². The smallest absolute Gasteiger partial charge is 0.0543 e. The summed E-state index contributed by atoms with van der Waals surface area (Å²) in [5.41, 5.74) is 17.0. The number of hydrogen-bond acceptors (Lipinski definition) is 1. The highest BCUT2D eigenvalue weighted by atomic mass is 15.1. The second-order valence-electron chi connectivity index (χ2n) is 15.8. The Labute approximate surface area is 333 Å². The number of nitrogens with zero attached hydrogens (tertiary/aromatic N) is 2. The number of rotatable bonds is 6. The SMILES string of the molecule is CC1(C)c2ccccc2-c2c(N(c3ccc(-c4cc(-n5c6ccccc6c6ccccc65)cc5ccccc45)cc3)c3cccc(-c4ccccc4)c3)cccc21. The van der Waals surface area contributed by atoms with Crippen LogP contribution >= 0.6 is 0 Å². The Hall–Kier alpha value is -7.16. The van der Waals surface area contributed by atoms with Gasteiger partial charge >= 0.3 is 0 Å². The highest BCUT2D eigenvalue weighted by molar-refractivity contribution is 6.10. The van der Waals surface area contributed by atoms with Gasteiger partial charge in [0.15, 0.2) is 0 Å². The molecule has 1 heterocycles. The molecule has 9 aromatic carbocycles. The number of fused-ring (bicyclic) bond motifs is 7. The third-order valence-electron chi connectivity index (χ3n) is 12.2. The molecule has 2 heteroatoms. The van der Waals surface area contributed by atoms with Crippen molar-refractivity contribution >= 4 is 49.6 Å². The van der Waals surface area contributed by atoms with Crippen LogP contribution in [0.2, 0.25) is 0 Å². The lowest BCUT2D eigenvalue weighted by molar-refractivity contribution is 0.660. The molecular formula is C55H40N2. The first-order valence-corrected chi connectivity index (χ1v) is 19.9. The van der Waals surface area contributed by atoms with Gasteiger partial charge in [0.1, 0.15) is 0 Å². The summed E-state index contributed by atoms with van der Waals surface area (Å²) in [7, 11) is 0. The van der Waals surface area contributed by atoms with Crippen LogP contribution in [0.4, 0.5) is 17.1 Å². The Kier molecular flexibility index (Phi) is 7.55. The second-order valence-corrected chi connectivity index (χ2v) is 15.8. The number of hydrogen-bond donors (Lipinski definition) is 0. The van der Waals surface area contributed by atoms with Crippen LogP contribution in [-0.2, 0) is 5.41 Å². The minimum absolute atomic E-state index is 0.105. The van der Waals surface area contributed by atoms with E-state index >= 15 is 0 Å². The number of anilines is 3. The van der Waals surface area contributed by atoms with E-state index < -0.39 is 0 Å². The van der Waals surface area contributed by atoms with Crippen molar-refractivity contribution in [1.29, 1.82) is 0 Å². The van der Waals surface area contributed by atoms with Gasteiger partial charge in [-0.2, -0.15) is 0 Å². The normalized spacial score (nSPS) is 12.9. The van der Waals surface area contributed by atoms with Crippen LogP contribution in [0.5, 0.6) is 0 Å². The minimum atomic E-state index is -0.105. The maximum absolute atomic E-state index is 2.46. The maximum atomic E-state index is 2.46. The third kappa shape index (κ3) is 5.25. The van der Waals surface area contributed by atoms with Crippen molar-refractivity contribution in [3.8, 4) is 39.1 Å². The molecule has 0 atom stereocenters. The standard InChI is InChI=1S/C55H40N2/c1-55(2)49-25-11-8-24-47(49)54-50(55)26-15-29-53(54)56(42-20-14-19-39(34-42)37-16-4-3-5-17-37)41-32-30-38(31-33-41)48-36-43(35-40-18-6-7-21-44(40)48)57-51-27-12-9-22-45(51)46-23-10-13-28-52(46)57/h3-36H,1-2H3. The highest BCUT2D eigenvalue weighted by Crippen LogP contribution is 2.54. The average Bonchev–Trinajstić information content (AvgIpc) is 3.73. The van der Waals surface area contributed by atoms with Gasteiger partial charge in [0.2, 0.25) is 0 Å². The molecule has 0 fully saturated rings. The van der Waals surface area contributed by atoms with Crippen LogP contribution in [0, 0.1) is 0 Å². The van der Waals surface area contributed by atoms with Gasteiger partial charge in [0.25, 0.3) is 0 Å². The summed E-state index contributed by atoms with van der Waals surface area (Å²) in [5, 5.41) is 4.99. The molecule has 0 unspecified atom stereocenters. The van der Waals surface area contributed by atoms with Gasteiger partial charge in [-0.15, -0.1) is 0 Å². The van der Waals surface area contributed by atoms with Crippen molar-refractivity contribution in [2.45, 2.75) is 19.3 Å². The molecule has 2 nitrogen and oxygen atoms in total. The molecule has 0 N–H and O–H groups in total. The van der Waals surface area contributed by atoms with Crippen molar-refractivity contribution < 1.29 is 0 Å². The summed E-state index contributed by atoms with van der Waals surface area (Å²) >= 11 is 0. The van der Waals surface area contributed by atoms with E-state index in [0.29, 0.717) is 0 Å². The molecule has 1 aliphatic rings. The van der Waals surface area contributed by atoms with E-state index in [1.807, 2.05) is 0 Å². The van der Waals surface area contributed by atoms with Gasteiger partial charge in [0, 0.05) is 38.8 Å². The van der Waals surface area contributed by atoms with Crippen molar-refractivity contribution in [2.75, 3.05) is 4.90 Å². The first-order valence-electron chi connectivity index (χ1n) is 19.9. The first-order chi connectivity index (χ1) is 28.0. The Morgan fingerprint density at radius 2 is 1.02 bits per heavy atom. The Morgan fingerprint density at radius 3 is 1.79 bits per heavy atom. The van der Waals surface area contributed by atoms with E-state index in [1.165, 1.54) is 82.8 Å². The maximum Gasteiger partial charge on any atom is 0.0543 e. The topological polar surface area (TPSA) is 8.17 Å². The number of para-hydroxylation sites is 2. The average molecular weight is 729 g/mol. The van der Waals surface area contributed by atoms with Gasteiger partial charge in [-0.05, 0) is 104 Å². The summed E-state index contributed by atoms with van der Waals surface area (Å²) in [6.07, 6.45) is 0. The Bertz CT molecular complexity index is 3100. The molecule has 10 aromatic rings. The second kappa shape index (κ2) is 13.0. The molecule has 11 rings (SSSR count). The van der Waals surface area contributed by atoms with Crippen LogP contribution in [0.25, 0.3) is 71.6 Å². The molecule has 0 aliphatic heterocycles. The van der Waals surface area contributed by atoms with Gasteiger partial charge in [0.05, 0.1) is 16.7 Å².